The van der Waals surface area contributed by atoms with Gasteiger partial charge < -0.3 is 5.32 Å². The molecular weight excluding hydrogens is 282 g/mol. The highest BCUT2D eigenvalue weighted by Crippen LogP contribution is 2.31. The van der Waals surface area contributed by atoms with Crippen LogP contribution in [0.25, 0.3) is 0 Å². The van der Waals surface area contributed by atoms with Gasteiger partial charge in [0, 0.05) is 11.1 Å². The van der Waals surface area contributed by atoms with Crippen molar-refractivity contribution in [2.45, 2.75) is 19.9 Å². The van der Waals surface area contributed by atoms with Crippen molar-refractivity contribution < 1.29 is 17.6 Å². The van der Waals surface area contributed by atoms with Gasteiger partial charge in [-0.15, -0.1) is 0 Å². The molecule has 0 aliphatic heterocycles. The number of hydrogen-bond acceptors (Lipinski definition) is 1. The van der Waals surface area contributed by atoms with Crippen molar-refractivity contribution in [2.24, 2.45) is 0 Å². The summed E-state index contributed by atoms with van der Waals surface area (Å²) < 4.78 is 54.6. The lowest BCUT2D eigenvalue weighted by Gasteiger charge is -2.21. The molecule has 0 saturated heterocycles. The van der Waals surface area contributed by atoms with Crippen LogP contribution in [-0.2, 0) is 0 Å². The van der Waals surface area contributed by atoms with Gasteiger partial charge in [0.05, 0.1) is 6.04 Å². The molecule has 5 heteroatoms. The maximum atomic E-state index is 14.2. The van der Waals surface area contributed by atoms with Crippen LogP contribution in [0.3, 0.4) is 0 Å². The number of nitrogens with one attached hydrogen (secondary N) is 1. The van der Waals surface area contributed by atoms with Crippen molar-refractivity contribution in [1.82, 2.24) is 5.32 Å². The zero-order valence-corrected chi connectivity index (χ0v) is 11.9. The molecule has 0 bridgehead atoms. The number of halogens is 4. The van der Waals surface area contributed by atoms with Crippen molar-refractivity contribution in [2.75, 3.05) is 7.05 Å². The maximum absolute atomic E-state index is 14.2. The lowest BCUT2D eigenvalue weighted by atomic mass is 9.93. The van der Waals surface area contributed by atoms with E-state index in [4.69, 9.17) is 0 Å². The zero-order chi connectivity index (χ0) is 15.7. The second kappa shape index (κ2) is 5.85. The maximum Gasteiger partial charge on any atom is 0.194 e. The Morgan fingerprint density at radius 3 is 2.14 bits per heavy atom. The average molecular weight is 297 g/mol. The molecule has 112 valence electrons. The van der Waals surface area contributed by atoms with Crippen molar-refractivity contribution in [1.29, 1.82) is 0 Å². The summed E-state index contributed by atoms with van der Waals surface area (Å²) in [4.78, 5) is 0. The quantitative estimate of drug-likeness (QED) is 0.662. The summed E-state index contributed by atoms with van der Waals surface area (Å²) in [7, 11) is 1.50. The summed E-state index contributed by atoms with van der Waals surface area (Å²) in [6, 6.07) is 4.12. The molecular formula is C16H15F4N. The van der Waals surface area contributed by atoms with E-state index in [-0.39, 0.29) is 11.1 Å². The second-order valence-corrected chi connectivity index (χ2v) is 4.96. The number of hydrogen-bond donors (Lipinski definition) is 1. The van der Waals surface area contributed by atoms with Gasteiger partial charge in [-0.1, -0.05) is 12.1 Å². The Kier molecular flexibility index (Phi) is 4.32. The standard InChI is InChI=1S/C16H15F4N/c1-8-6-9(2)13(12(18)7-8)16(21-3)10-4-5-11(17)15(20)14(10)19/h4-7,16,21H,1-3H3. The molecule has 0 saturated carbocycles. The molecule has 1 nitrogen and oxygen atoms in total. The third-order valence-electron chi connectivity index (χ3n) is 3.43. The minimum atomic E-state index is -1.56. The highest BCUT2D eigenvalue weighted by molar-refractivity contribution is 5.40. The van der Waals surface area contributed by atoms with E-state index in [9.17, 15) is 17.6 Å². The monoisotopic (exact) mass is 297 g/mol. The summed E-state index contributed by atoms with van der Waals surface area (Å²) in [5.41, 5.74) is 1.42. The van der Waals surface area contributed by atoms with E-state index in [0.29, 0.717) is 5.56 Å². The van der Waals surface area contributed by atoms with Gasteiger partial charge in [-0.2, -0.15) is 0 Å². The lowest BCUT2D eigenvalue weighted by Crippen LogP contribution is -2.22. The van der Waals surface area contributed by atoms with Crippen LogP contribution in [0.1, 0.15) is 28.3 Å². The Morgan fingerprint density at radius 1 is 0.905 bits per heavy atom. The van der Waals surface area contributed by atoms with Gasteiger partial charge in [-0.25, -0.2) is 17.6 Å². The fourth-order valence-electron chi connectivity index (χ4n) is 2.51. The lowest BCUT2D eigenvalue weighted by molar-refractivity contribution is 0.433. The Labute approximate surface area is 120 Å². The summed E-state index contributed by atoms with van der Waals surface area (Å²) in [6.07, 6.45) is 0. The molecule has 0 aromatic heterocycles. The first-order valence-electron chi connectivity index (χ1n) is 6.44. The molecule has 1 unspecified atom stereocenters. The Hall–Kier alpha value is -1.88. The fraction of sp³-hybridized carbons (Fsp3) is 0.250. The first-order chi connectivity index (χ1) is 9.86. The first kappa shape index (κ1) is 15.5. The fourth-order valence-corrected chi connectivity index (χ4v) is 2.51. The van der Waals surface area contributed by atoms with E-state index in [0.717, 1.165) is 17.7 Å². The van der Waals surface area contributed by atoms with Gasteiger partial charge in [0.25, 0.3) is 0 Å². The topological polar surface area (TPSA) is 12.0 Å². The number of aryl methyl sites for hydroxylation is 2. The van der Waals surface area contributed by atoms with Crippen molar-refractivity contribution in [3.05, 3.63) is 69.8 Å². The SMILES string of the molecule is CNC(c1ccc(F)c(F)c1F)c1c(C)cc(C)cc1F. The van der Waals surface area contributed by atoms with E-state index in [2.05, 4.69) is 5.32 Å². The number of benzene rings is 2. The molecule has 21 heavy (non-hydrogen) atoms. The summed E-state index contributed by atoms with van der Waals surface area (Å²) in [6.45, 7) is 3.43. The van der Waals surface area contributed by atoms with E-state index in [1.165, 1.54) is 13.1 Å². The summed E-state index contributed by atoms with van der Waals surface area (Å²) in [5.74, 6) is -4.66. The minimum Gasteiger partial charge on any atom is -0.309 e. The zero-order valence-electron chi connectivity index (χ0n) is 11.9. The molecule has 1 N–H and O–H groups in total. The Bertz CT molecular complexity index is 659. The van der Waals surface area contributed by atoms with Crippen LogP contribution >= 0.6 is 0 Å². The molecule has 0 aliphatic rings. The highest BCUT2D eigenvalue weighted by atomic mass is 19.2. The molecule has 0 aliphatic carbocycles. The minimum absolute atomic E-state index is 0.137. The van der Waals surface area contributed by atoms with Gasteiger partial charge in [0.2, 0.25) is 0 Å². The molecule has 2 aromatic rings. The van der Waals surface area contributed by atoms with Crippen molar-refractivity contribution in [3.8, 4) is 0 Å². The molecule has 1 atom stereocenters. The van der Waals surface area contributed by atoms with Crippen LogP contribution in [-0.4, -0.2) is 7.05 Å². The van der Waals surface area contributed by atoms with E-state index >= 15 is 0 Å². The highest BCUT2D eigenvalue weighted by Gasteiger charge is 2.24. The van der Waals surface area contributed by atoms with Crippen molar-refractivity contribution >= 4 is 0 Å². The van der Waals surface area contributed by atoms with Gasteiger partial charge in [-0.05, 0) is 44.2 Å². The first-order valence-corrected chi connectivity index (χ1v) is 6.44. The van der Waals surface area contributed by atoms with Gasteiger partial charge in [-0.3, -0.25) is 0 Å². The van der Waals surface area contributed by atoms with Crippen LogP contribution in [0.15, 0.2) is 24.3 Å². The molecule has 0 heterocycles. The molecule has 0 amide bonds. The van der Waals surface area contributed by atoms with E-state index < -0.39 is 29.3 Å². The molecule has 2 rings (SSSR count). The Balaban J connectivity index is 2.64. The predicted molar refractivity (Wildman–Crippen MR) is 73.1 cm³/mol. The van der Waals surface area contributed by atoms with Crippen molar-refractivity contribution in [3.63, 3.8) is 0 Å². The normalized spacial score (nSPS) is 12.5. The molecule has 0 radical (unpaired) electrons. The van der Waals surface area contributed by atoms with Crippen LogP contribution in [0, 0.1) is 37.1 Å². The van der Waals surface area contributed by atoms with Gasteiger partial charge in [0.1, 0.15) is 5.82 Å². The van der Waals surface area contributed by atoms with Gasteiger partial charge in [0.15, 0.2) is 17.5 Å². The second-order valence-electron chi connectivity index (χ2n) is 4.96. The van der Waals surface area contributed by atoms with E-state index in [1.807, 2.05) is 0 Å². The third kappa shape index (κ3) is 2.78. The smallest absolute Gasteiger partial charge is 0.194 e. The molecule has 0 fully saturated rings. The van der Waals surface area contributed by atoms with Gasteiger partial charge >= 0.3 is 0 Å². The van der Waals surface area contributed by atoms with Crippen LogP contribution < -0.4 is 5.32 Å². The van der Waals surface area contributed by atoms with Crippen LogP contribution in [0.2, 0.25) is 0 Å². The van der Waals surface area contributed by atoms with Crippen LogP contribution in [0.4, 0.5) is 17.6 Å². The van der Waals surface area contributed by atoms with E-state index in [1.54, 1.807) is 19.9 Å². The predicted octanol–water partition coefficient (Wildman–Crippen LogP) is 4.17. The summed E-state index contributed by atoms with van der Waals surface area (Å²) in [5, 5.41) is 2.75. The molecule has 0 spiro atoms. The number of rotatable bonds is 3. The van der Waals surface area contributed by atoms with Crippen LogP contribution in [0.5, 0.6) is 0 Å². The molecule has 2 aromatic carbocycles. The third-order valence-corrected chi connectivity index (χ3v) is 3.43. The Morgan fingerprint density at radius 2 is 1.57 bits per heavy atom. The average Bonchev–Trinajstić information content (AvgIpc) is 2.41. The largest absolute Gasteiger partial charge is 0.309 e. The summed E-state index contributed by atoms with van der Waals surface area (Å²) >= 11 is 0.